The van der Waals surface area contributed by atoms with E-state index in [-0.39, 0.29) is 11.3 Å². The maximum atomic E-state index is 12.5. The minimum Gasteiger partial charge on any atom is -0.451 e. The molecule has 7 heteroatoms. The van der Waals surface area contributed by atoms with Crippen LogP contribution in [0, 0.1) is 6.92 Å². The number of amides is 1. The maximum absolute atomic E-state index is 12.5. The molecule has 0 saturated heterocycles. The van der Waals surface area contributed by atoms with Crippen LogP contribution in [0.15, 0.2) is 27.1 Å². The van der Waals surface area contributed by atoms with Gasteiger partial charge in [-0.25, -0.2) is 0 Å². The molecule has 1 N–H and O–H groups in total. The molecule has 0 spiro atoms. The molecule has 0 aliphatic heterocycles. The molecule has 23 heavy (non-hydrogen) atoms. The Morgan fingerprint density at radius 2 is 2.04 bits per heavy atom. The van der Waals surface area contributed by atoms with Crippen LogP contribution in [-0.2, 0) is 5.41 Å². The van der Waals surface area contributed by atoms with E-state index in [2.05, 4.69) is 52.2 Å². The number of fused-ring (bicyclic) bond motifs is 1. The molecule has 0 aliphatic carbocycles. The Morgan fingerprint density at radius 1 is 1.30 bits per heavy atom. The number of benzene rings is 1. The Kier molecular flexibility index (Phi) is 4.01. The molecule has 120 valence electrons. The lowest BCUT2D eigenvalue weighted by molar-refractivity contribution is 0.0998. The quantitative estimate of drug-likeness (QED) is 0.671. The Bertz CT molecular complexity index is 892. The minimum atomic E-state index is -0.313. The highest BCUT2D eigenvalue weighted by molar-refractivity contribution is 9.10. The SMILES string of the molecule is Cc1c(C(=O)Nc2nnc(C(C)(C)C)s2)oc2ccc(Br)cc12. The van der Waals surface area contributed by atoms with E-state index < -0.39 is 0 Å². The molecule has 0 bridgehead atoms. The fourth-order valence-electron chi connectivity index (χ4n) is 2.14. The van der Waals surface area contributed by atoms with Gasteiger partial charge in [0.2, 0.25) is 5.13 Å². The van der Waals surface area contributed by atoms with E-state index in [4.69, 9.17) is 4.42 Å². The van der Waals surface area contributed by atoms with Crippen LogP contribution >= 0.6 is 27.3 Å². The number of nitrogens with one attached hydrogen (secondary N) is 1. The van der Waals surface area contributed by atoms with E-state index in [1.807, 2.05) is 25.1 Å². The van der Waals surface area contributed by atoms with Gasteiger partial charge in [-0.05, 0) is 25.1 Å². The number of nitrogens with zero attached hydrogens (tertiary/aromatic N) is 2. The van der Waals surface area contributed by atoms with Crippen molar-refractivity contribution in [3.63, 3.8) is 0 Å². The number of anilines is 1. The zero-order valence-electron chi connectivity index (χ0n) is 13.2. The molecule has 2 heterocycles. The third-order valence-electron chi connectivity index (χ3n) is 3.39. The van der Waals surface area contributed by atoms with Crippen LogP contribution in [0.1, 0.15) is 41.9 Å². The summed E-state index contributed by atoms with van der Waals surface area (Å²) in [5, 5.41) is 13.2. The van der Waals surface area contributed by atoms with Gasteiger partial charge in [0.25, 0.3) is 5.91 Å². The first-order chi connectivity index (χ1) is 10.8. The number of aromatic nitrogens is 2. The van der Waals surface area contributed by atoms with Crippen molar-refractivity contribution in [2.45, 2.75) is 33.1 Å². The zero-order valence-corrected chi connectivity index (χ0v) is 15.6. The van der Waals surface area contributed by atoms with Crippen LogP contribution in [0.4, 0.5) is 5.13 Å². The van der Waals surface area contributed by atoms with E-state index in [1.165, 1.54) is 11.3 Å². The summed E-state index contributed by atoms with van der Waals surface area (Å²) in [5.74, 6) is -0.0166. The standard InChI is InChI=1S/C16H16BrN3O2S/c1-8-10-7-9(17)5-6-11(10)22-12(8)13(21)18-15-20-19-14(23-15)16(2,3)4/h5-7H,1-4H3,(H,18,20,21). The monoisotopic (exact) mass is 393 g/mol. The Morgan fingerprint density at radius 3 is 2.70 bits per heavy atom. The summed E-state index contributed by atoms with van der Waals surface area (Å²) in [7, 11) is 0. The van der Waals surface area contributed by atoms with E-state index in [1.54, 1.807) is 0 Å². The minimum absolute atomic E-state index is 0.0950. The zero-order chi connectivity index (χ0) is 16.8. The van der Waals surface area contributed by atoms with Gasteiger partial charge in [0.05, 0.1) is 0 Å². The van der Waals surface area contributed by atoms with Gasteiger partial charge in [-0.15, -0.1) is 10.2 Å². The van der Waals surface area contributed by atoms with Crippen molar-refractivity contribution in [3.8, 4) is 0 Å². The molecule has 1 aromatic carbocycles. The third kappa shape index (κ3) is 3.16. The molecule has 0 fully saturated rings. The molecule has 5 nitrogen and oxygen atoms in total. The number of hydrogen-bond donors (Lipinski definition) is 1. The molecule has 0 unspecified atom stereocenters. The summed E-state index contributed by atoms with van der Waals surface area (Å²) >= 11 is 4.80. The van der Waals surface area contributed by atoms with Crippen molar-refractivity contribution in [2.24, 2.45) is 0 Å². The number of carbonyl (C=O) groups excluding carboxylic acids is 1. The van der Waals surface area contributed by atoms with Crippen LogP contribution < -0.4 is 5.32 Å². The highest BCUT2D eigenvalue weighted by atomic mass is 79.9. The second kappa shape index (κ2) is 5.72. The van der Waals surface area contributed by atoms with Gasteiger partial charge in [-0.2, -0.15) is 0 Å². The highest BCUT2D eigenvalue weighted by Gasteiger charge is 2.22. The summed E-state index contributed by atoms with van der Waals surface area (Å²) in [5.41, 5.74) is 1.39. The van der Waals surface area contributed by atoms with Crippen LogP contribution in [0.5, 0.6) is 0 Å². The number of rotatable bonds is 2. The molecular weight excluding hydrogens is 378 g/mol. The molecule has 1 amide bonds. The van der Waals surface area contributed by atoms with Crippen molar-refractivity contribution in [3.05, 3.63) is 39.0 Å². The van der Waals surface area contributed by atoms with Crippen molar-refractivity contribution in [2.75, 3.05) is 5.32 Å². The van der Waals surface area contributed by atoms with Gasteiger partial charge in [0.15, 0.2) is 5.76 Å². The molecule has 0 atom stereocenters. The van der Waals surface area contributed by atoms with Crippen LogP contribution in [-0.4, -0.2) is 16.1 Å². The van der Waals surface area contributed by atoms with Gasteiger partial charge in [0.1, 0.15) is 10.6 Å². The summed E-state index contributed by atoms with van der Waals surface area (Å²) < 4.78 is 6.63. The third-order valence-corrected chi connectivity index (χ3v) is 5.15. The Labute approximate surface area is 146 Å². The first kappa shape index (κ1) is 16.1. The van der Waals surface area contributed by atoms with E-state index >= 15 is 0 Å². The summed E-state index contributed by atoms with van der Waals surface area (Å²) in [6, 6.07) is 5.66. The van der Waals surface area contributed by atoms with Crippen LogP contribution in [0.25, 0.3) is 11.0 Å². The van der Waals surface area contributed by atoms with E-state index in [9.17, 15) is 4.79 Å². The highest BCUT2D eigenvalue weighted by Crippen LogP contribution is 2.30. The topological polar surface area (TPSA) is 68.0 Å². The smallest absolute Gasteiger partial charge is 0.293 e. The van der Waals surface area contributed by atoms with E-state index in [0.29, 0.717) is 16.5 Å². The second-order valence-electron chi connectivity index (χ2n) is 6.31. The maximum Gasteiger partial charge on any atom is 0.293 e. The predicted molar refractivity (Wildman–Crippen MR) is 95.2 cm³/mol. The molecule has 0 saturated carbocycles. The van der Waals surface area contributed by atoms with Gasteiger partial charge >= 0.3 is 0 Å². The van der Waals surface area contributed by atoms with Gasteiger partial charge in [-0.3, -0.25) is 10.1 Å². The molecule has 3 aromatic rings. The van der Waals surface area contributed by atoms with Crippen LogP contribution in [0.3, 0.4) is 0 Å². The van der Waals surface area contributed by atoms with Crippen molar-refractivity contribution in [1.82, 2.24) is 10.2 Å². The van der Waals surface area contributed by atoms with Crippen molar-refractivity contribution >= 4 is 49.3 Å². The predicted octanol–water partition coefficient (Wildman–Crippen LogP) is 4.91. The fraction of sp³-hybridized carbons (Fsp3) is 0.312. The molecule has 0 radical (unpaired) electrons. The molecule has 2 aromatic heterocycles. The number of carbonyl (C=O) groups is 1. The van der Waals surface area contributed by atoms with Gasteiger partial charge in [0, 0.05) is 20.8 Å². The molecule has 0 aliphatic rings. The van der Waals surface area contributed by atoms with Crippen molar-refractivity contribution < 1.29 is 9.21 Å². The average molecular weight is 394 g/mol. The first-order valence-electron chi connectivity index (χ1n) is 7.09. The Balaban J connectivity index is 1.89. The molecule has 3 rings (SSSR count). The van der Waals surface area contributed by atoms with Gasteiger partial charge in [-0.1, -0.05) is 48.0 Å². The van der Waals surface area contributed by atoms with Crippen LogP contribution in [0.2, 0.25) is 0 Å². The first-order valence-corrected chi connectivity index (χ1v) is 8.70. The second-order valence-corrected chi connectivity index (χ2v) is 8.21. The van der Waals surface area contributed by atoms with E-state index in [0.717, 1.165) is 20.4 Å². The summed E-state index contributed by atoms with van der Waals surface area (Å²) in [6.07, 6.45) is 0. The number of furan rings is 1. The lowest BCUT2D eigenvalue weighted by Gasteiger charge is -2.12. The number of hydrogen-bond acceptors (Lipinski definition) is 5. The largest absolute Gasteiger partial charge is 0.451 e. The van der Waals surface area contributed by atoms with Crippen molar-refractivity contribution in [1.29, 1.82) is 0 Å². The lowest BCUT2D eigenvalue weighted by Crippen LogP contribution is -2.11. The summed E-state index contributed by atoms with van der Waals surface area (Å²) in [4.78, 5) is 12.5. The summed E-state index contributed by atoms with van der Waals surface area (Å²) in [6.45, 7) is 8.04. The normalized spacial score (nSPS) is 11.9. The lowest BCUT2D eigenvalue weighted by atomic mass is 9.98. The van der Waals surface area contributed by atoms with Gasteiger partial charge < -0.3 is 4.42 Å². The molecular formula is C16H16BrN3O2S. The Hall–Kier alpha value is -1.73. The number of aryl methyl sites for hydroxylation is 1. The average Bonchev–Trinajstić information content (AvgIpc) is 3.04. The fourth-order valence-corrected chi connectivity index (χ4v) is 3.30. The number of halogens is 1.